The summed E-state index contributed by atoms with van der Waals surface area (Å²) >= 11 is 0. The van der Waals surface area contributed by atoms with Gasteiger partial charge in [-0.1, -0.05) is 6.92 Å². The zero-order valence-electron chi connectivity index (χ0n) is 8.57. The van der Waals surface area contributed by atoms with Crippen LogP contribution in [0.25, 0.3) is 0 Å². The Morgan fingerprint density at radius 1 is 1.67 bits per heavy atom. The summed E-state index contributed by atoms with van der Waals surface area (Å²) in [7, 11) is 0. The minimum Gasteiger partial charge on any atom is -0.351 e. The van der Waals surface area contributed by atoms with E-state index in [1.165, 1.54) is 0 Å². The van der Waals surface area contributed by atoms with Gasteiger partial charge in [0.2, 0.25) is 5.95 Å². The molecule has 1 aromatic rings. The van der Waals surface area contributed by atoms with Crippen LogP contribution in [0, 0.1) is 23.7 Å². The average Bonchev–Trinajstić information content (AvgIpc) is 2.29. The molecule has 1 atom stereocenters. The second kappa shape index (κ2) is 5.62. The first-order valence-electron chi connectivity index (χ1n) is 4.73. The molecule has 4 heteroatoms. The Hall–Kier alpha value is -2.07. The summed E-state index contributed by atoms with van der Waals surface area (Å²) in [5, 5.41) is 11.7. The van der Waals surface area contributed by atoms with E-state index in [0.717, 1.165) is 6.42 Å². The van der Waals surface area contributed by atoms with Gasteiger partial charge in [0.25, 0.3) is 0 Å². The van der Waals surface area contributed by atoms with Crippen LogP contribution in [-0.2, 0) is 0 Å². The predicted octanol–water partition coefficient (Wildman–Crippen LogP) is 1.56. The van der Waals surface area contributed by atoms with Gasteiger partial charge < -0.3 is 5.32 Å². The summed E-state index contributed by atoms with van der Waals surface area (Å²) in [4.78, 5) is 8.02. The Balaban J connectivity index is 2.72. The molecule has 1 N–H and O–H groups in total. The van der Waals surface area contributed by atoms with Crippen LogP contribution >= 0.6 is 0 Å². The van der Waals surface area contributed by atoms with Crippen molar-refractivity contribution in [2.24, 2.45) is 0 Å². The fourth-order valence-electron chi connectivity index (χ4n) is 1.11. The van der Waals surface area contributed by atoms with Crippen LogP contribution in [-0.4, -0.2) is 16.0 Å². The first-order chi connectivity index (χ1) is 7.30. The third-order valence-corrected chi connectivity index (χ3v) is 1.96. The van der Waals surface area contributed by atoms with E-state index in [9.17, 15) is 0 Å². The van der Waals surface area contributed by atoms with E-state index in [2.05, 4.69) is 21.2 Å². The number of anilines is 1. The molecule has 0 amide bonds. The predicted molar refractivity (Wildman–Crippen MR) is 57.9 cm³/mol. The zero-order valence-corrected chi connectivity index (χ0v) is 8.57. The van der Waals surface area contributed by atoms with Crippen LogP contribution in [0.3, 0.4) is 0 Å². The molecule has 1 heterocycles. The lowest BCUT2D eigenvalue weighted by molar-refractivity contribution is 0.706. The van der Waals surface area contributed by atoms with Gasteiger partial charge in [-0.25, -0.2) is 9.97 Å². The van der Waals surface area contributed by atoms with Gasteiger partial charge in [-0.2, -0.15) is 5.26 Å². The van der Waals surface area contributed by atoms with Gasteiger partial charge in [0.1, 0.15) is 11.8 Å². The van der Waals surface area contributed by atoms with Gasteiger partial charge in [-0.05, 0) is 12.5 Å². The van der Waals surface area contributed by atoms with Crippen LogP contribution < -0.4 is 5.32 Å². The van der Waals surface area contributed by atoms with Crippen molar-refractivity contribution in [1.82, 2.24) is 9.97 Å². The molecule has 1 aromatic heterocycles. The Bertz CT molecular complexity index is 400. The lowest BCUT2D eigenvalue weighted by atomic mass is 10.2. The lowest BCUT2D eigenvalue weighted by Gasteiger charge is -2.13. The topological polar surface area (TPSA) is 61.6 Å². The van der Waals surface area contributed by atoms with Crippen molar-refractivity contribution in [2.45, 2.75) is 25.8 Å². The van der Waals surface area contributed by atoms with E-state index in [1.807, 2.05) is 13.0 Å². The third-order valence-electron chi connectivity index (χ3n) is 1.96. The number of nitrogens with one attached hydrogen (secondary N) is 1. The first-order valence-corrected chi connectivity index (χ1v) is 4.73. The molecular weight excluding hydrogens is 188 g/mol. The van der Waals surface area contributed by atoms with Crippen molar-refractivity contribution < 1.29 is 0 Å². The highest BCUT2D eigenvalue weighted by Gasteiger charge is 2.06. The van der Waals surface area contributed by atoms with E-state index >= 15 is 0 Å². The Morgan fingerprint density at radius 3 is 3.07 bits per heavy atom. The molecule has 0 spiro atoms. The largest absolute Gasteiger partial charge is 0.351 e. The molecular formula is C11H12N4. The van der Waals surface area contributed by atoms with Crippen molar-refractivity contribution >= 4 is 5.95 Å². The van der Waals surface area contributed by atoms with Gasteiger partial charge in [-0.3, -0.25) is 0 Å². The molecule has 1 unspecified atom stereocenters. The summed E-state index contributed by atoms with van der Waals surface area (Å²) in [5.74, 6) is 3.04. The maximum Gasteiger partial charge on any atom is 0.224 e. The average molecular weight is 200 g/mol. The van der Waals surface area contributed by atoms with Gasteiger partial charge in [-0.15, -0.1) is 12.3 Å². The molecule has 0 aliphatic rings. The highest BCUT2D eigenvalue weighted by atomic mass is 15.1. The highest BCUT2D eigenvalue weighted by Crippen LogP contribution is 2.06. The quantitative estimate of drug-likeness (QED) is 0.749. The maximum absolute atomic E-state index is 8.66. The molecule has 1 rings (SSSR count). The molecule has 4 nitrogen and oxygen atoms in total. The van der Waals surface area contributed by atoms with Gasteiger partial charge in [0.15, 0.2) is 0 Å². The van der Waals surface area contributed by atoms with Gasteiger partial charge in [0, 0.05) is 18.7 Å². The number of terminal acetylenes is 1. The van der Waals surface area contributed by atoms with Crippen LogP contribution in [0.15, 0.2) is 12.3 Å². The van der Waals surface area contributed by atoms with Crippen molar-refractivity contribution in [1.29, 1.82) is 5.26 Å². The van der Waals surface area contributed by atoms with Crippen LogP contribution in [0.1, 0.15) is 25.5 Å². The van der Waals surface area contributed by atoms with Gasteiger partial charge in [0.05, 0.1) is 0 Å². The summed E-state index contributed by atoms with van der Waals surface area (Å²) < 4.78 is 0. The molecule has 0 fully saturated rings. The van der Waals surface area contributed by atoms with Crippen LogP contribution in [0.4, 0.5) is 5.95 Å². The first kappa shape index (κ1) is 11.0. The summed E-state index contributed by atoms with van der Waals surface area (Å²) in [6.07, 6.45) is 8.30. The van der Waals surface area contributed by atoms with E-state index in [1.54, 1.807) is 12.3 Å². The molecule has 0 saturated heterocycles. The number of rotatable bonds is 4. The molecule has 0 bridgehead atoms. The Morgan fingerprint density at radius 2 is 2.47 bits per heavy atom. The molecule has 0 aliphatic heterocycles. The Labute approximate surface area is 89.4 Å². The van der Waals surface area contributed by atoms with Crippen molar-refractivity contribution in [3.05, 3.63) is 18.0 Å². The highest BCUT2D eigenvalue weighted by molar-refractivity contribution is 5.31. The third kappa shape index (κ3) is 3.28. The number of hydrogen-bond acceptors (Lipinski definition) is 4. The van der Waals surface area contributed by atoms with Crippen molar-refractivity contribution in [3.63, 3.8) is 0 Å². The number of nitrogens with zero attached hydrogens (tertiary/aromatic N) is 3. The van der Waals surface area contributed by atoms with Crippen molar-refractivity contribution in [2.75, 3.05) is 5.32 Å². The molecule has 15 heavy (non-hydrogen) atoms. The fraction of sp³-hybridized carbons (Fsp3) is 0.364. The standard InChI is InChI=1S/C11H12N4/c1-3-5-9(4-2)14-11-13-7-6-10(8-12)15-11/h1,6-7,9H,4-5H2,2H3,(H,13,14,15). The smallest absolute Gasteiger partial charge is 0.224 e. The maximum atomic E-state index is 8.66. The lowest BCUT2D eigenvalue weighted by Crippen LogP contribution is -2.19. The van der Waals surface area contributed by atoms with Crippen molar-refractivity contribution in [3.8, 4) is 18.4 Å². The number of nitriles is 1. The number of aromatic nitrogens is 2. The second-order valence-electron chi connectivity index (χ2n) is 3.04. The minimum absolute atomic E-state index is 0.156. The van der Waals surface area contributed by atoms with E-state index in [-0.39, 0.29) is 6.04 Å². The van der Waals surface area contributed by atoms with E-state index in [4.69, 9.17) is 11.7 Å². The zero-order chi connectivity index (χ0) is 11.1. The van der Waals surface area contributed by atoms with Crippen LogP contribution in [0.2, 0.25) is 0 Å². The van der Waals surface area contributed by atoms with Crippen LogP contribution in [0.5, 0.6) is 0 Å². The fourth-order valence-corrected chi connectivity index (χ4v) is 1.11. The minimum atomic E-state index is 0.156. The molecule has 0 saturated carbocycles. The summed E-state index contributed by atoms with van der Waals surface area (Å²) in [6, 6.07) is 3.68. The summed E-state index contributed by atoms with van der Waals surface area (Å²) in [6.45, 7) is 2.03. The molecule has 76 valence electrons. The van der Waals surface area contributed by atoms with Gasteiger partial charge >= 0.3 is 0 Å². The number of hydrogen-bond donors (Lipinski definition) is 1. The SMILES string of the molecule is C#CCC(CC)Nc1nccc(C#N)n1. The second-order valence-corrected chi connectivity index (χ2v) is 3.04. The monoisotopic (exact) mass is 200 g/mol. The molecule has 0 radical (unpaired) electrons. The van der Waals surface area contributed by atoms with E-state index < -0.39 is 0 Å². The normalized spacial score (nSPS) is 11.1. The Kier molecular flexibility index (Phi) is 4.12. The molecule has 0 aromatic carbocycles. The molecule has 0 aliphatic carbocycles. The van der Waals surface area contributed by atoms with E-state index in [0.29, 0.717) is 18.1 Å². The summed E-state index contributed by atoms with van der Waals surface area (Å²) in [5.41, 5.74) is 0.350.